The van der Waals surface area contributed by atoms with Crippen LogP contribution in [0.3, 0.4) is 0 Å². The number of fused-ring (bicyclic) bond motifs is 1. The summed E-state index contributed by atoms with van der Waals surface area (Å²) in [5, 5.41) is 3.23. The topological polar surface area (TPSA) is 106 Å². The second kappa shape index (κ2) is 10.6. The molecule has 0 radical (unpaired) electrons. The molecule has 1 fully saturated rings. The first-order valence-electron chi connectivity index (χ1n) is 11.9. The van der Waals surface area contributed by atoms with Crippen molar-refractivity contribution in [3.63, 3.8) is 0 Å². The Hall–Kier alpha value is -4.10. The normalized spacial score (nSPS) is 14.3. The van der Waals surface area contributed by atoms with Gasteiger partial charge in [0.15, 0.2) is 0 Å². The Balaban J connectivity index is 1.57. The van der Waals surface area contributed by atoms with E-state index in [4.69, 9.17) is 9.47 Å². The highest BCUT2D eigenvalue weighted by molar-refractivity contribution is 7.92. The number of rotatable bonds is 7. The van der Waals surface area contributed by atoms with Gasteiger partial charge < -0.3 is 19.7 Å². The van der Waals surface area contributed by atoms with E-state index in [0.717, 1.165) is 0 Å². The van der Waals surface area contributed by atoms with E-state index in [1.54, 1.807) is 54.6 Å². The molecule has 0 bridgehead atoms. The van der Waals surface area contributed by atoms with Crippen molar-refractivity contribution in [2.45, 2.75) is 11.1 Å². The predicted molar refractivity (Wildman–Crippen MR) is 141 cm³/mol. The molecule has 9 nitrogen and oxygen atoms in total. The van der Waals surface area contributed by atoms with Gasteiger partial charge in [-0.25, -0.2) is 18.4 Å². The molecule has 1 aromatic heterocycles. The molecule has 0 spiro atoms. The van der Waals surface area contributed by atoms with Crippen LogP contribution in [-0.2, 0) is 20.9 Å². The molecule has 13 heteroatoms. The van der Waals surface area contributed by atoms with Crippen molar-refractivity contribution < 1.29 is 31.1 Å². The number of nitrogens with zero attached hydrogens (tertiary/aromatic N) is 3. The van der Waals surface area contributed by atoms with Gasteiger partial charge >= 0.3 is 6.18 Å². The molecule has 5 rings (SSSR count). The highest BCUT2D eigenvalue weighted by Crippen LogP contribution is 2.35. The highest BCUT2D eigenvalue weighted by Gasteiger charge is 2.35. The number of morpholine rings is 1. The van der Waals surface area contributed by atoms with E-state index >= 15 is 0 Å². The summed E-state index contributed by atoms with van der Waals surface area (Å²) in [7, 11) is -2.62. The van der Waals surface area contributed by atoms with Crippen LogP contribution in [-0.4, -0.2) is 51.8 Å². The van der Waals surface area contributed by atoms with Crippen LogP contribution in [0.15, 0.2) is 71.6 Å². The molecule has 0 saturated carbocycles. The zero-order valence-corrected chi connectivity index (χ0v) is 21.5. The van der Waals surface area contributed by atoms with E-state index in [-0.39, 0.29) is 21.9 Å². The van der Waals surface area contributed by atoms with Crippen molar-refractivity contribution in [2.24, 2.45) is 0 Å². The van der Waals surface area contributed by atoms with Crippen molar-refractivity contribution in [3.8, 4) is 5.75 Å². The van der Waals surface area contributed by atoms with Crippen molar-refractivity contribution >= 4 is 43.8 Å². The zero-order chi connectivity index (χ0) is 27.6. The van der Waals surface area contributed by atoms with Crippen LogP contribution in [0.4, 0.5) is 36.1 Å². The number of hydrogen-bond acceptors (Lipinski definition) is 8. The van der Waals surface area contributed by atoms with Crippen LogP contribution in [0, 0.1) is 0 Å². The SMILES string of the molecule is COc1ccc(NS(=O)(=O)c2cc(Nc3nc(C(F)(F)F)nc4ccccc34)ccc2N2CCOCC2)cc1. The Morgan fingerprint density at radius 2 is 1.64 bits per heavy atom. The average Bonchev–Trinajstić information content (AvgIpc) is 2.93. The zero-order valence-electron chi connectivity index (χ0n) is 20.7. The van der Waals surface area contributed by atoms with Gasteiger partial charge in [-0.15, -0.1) is 0 Å². The van der Waals surface area contributed by atoms with Crippen molar-refractivity contribution in [2.75, 3.05) is 48.4 Å². The number of ether oxygens (including phenoxy) is 2. The van der Waals surface area contributed by atoms with Gasteiger partial charge in [-0.2, -0.15) is 13.2 Å². The molecule has 1 saturated heterocycles. The molecule has 0 aliphatic carbocycles. The lowest BCUT2D eigenvalue weighted by Gasteiger charge is -2.30. The number of benzene rings is 3. The maximum Gasteiger partial charge on any atom is 0.451 e. The van der Waals surface area contributed by atoms with Crippen LogP contribution in [0.1, 0.15) is 5.82 Å². The number of anilines is 4. The standard InChI is InChI=1S/C26H24F3N5O4S/c1-37-19-9-6-17(7-10-19)33-39(35,36)23-16-18(8-11-22(23)34-12-14-38-15-13-34)30-24-20-4-2-3-5-21(20)31-25(32-24)26(27,28)29/h2-11,16,33H,12-15H2,1H3,(H,30,31,32). The lowest BCUT2D eigenvalue weighted by atomic mass is 10.2. The Bertz CT molecular complexity index is 1590. The Labute approximate surface area is 222 Å². The smallest absolute Gasteiger partial charge is 0.451 e. The van der Waals surface area contributed by atoms with E-state index in [2.05, 4.69) is 20.0 Å². The minimum Gasteiger partial charge on any atom is -0.497 e. The largest absolute Gasteiger partial charge is 0.497 e. The quantitative estimate of drug-likeness (QED) is 0.325. The molecular weight excluding hydrogens is 535 g/mol. The van der Waals surface area contributed by atoms with Crippen LogP contribution in [0.2, 0.25) is 0 Å². The first kappa shape index (κ1) is 26.5. The number of alkyl halides is 3. The summed E-state index contributed by atoms with van der Waals surface area (Å²) in [6, 6.07) is 17.2. The second-order valence-corrected chi connectivity index (χ2v) is 10.3. The number of methoxy groups -OCH3 is 1. The summed E-state index contributed by atoms with van der Waals surface area (Å²) in [6.45, 7) is 1.81. The molecule has 4 aromatic rings. The third kappa shape index (κ3) is 5.83. The molecule has 0 amide bonds. The summed E-state index contributed by atoms with van der Waals surface area (Å²) in [4.78, 5) is 9.17. The van der Waals surface area contributed by atoms with E-state index in [0.29, 0.717) is 48.8 Å². The molecule has 2 N–H and O–H groups in total. The maximum atomic E-state index is 13.6. The summed E-state index contributed by atoms with van der Waals surface area (Å²) in [6.07, 6.45) is -4.77. The van der Waals surface area contributed by atoms with Crippen molar-refractivity contribution in [1.29, 1.82) is 0 Å². The molecule has 3 aromatic carbocycles. The van der Waals surface area contributed by atoms with Crippen LogP contribution in [0.5, 0.6) is 5.75 Å². The van der Waals surface area contributed by atoms with E-state index in [9.17, 15) is 21.6 Å². The average molecular weight is 560 g/mol. The fourth-order valence-corrected chi connectivity index (χ4v) is 5.49. The van der Waals surface area contributed by atoms with Crippen molar-refractivity contribution in [3.05, 3.63) is 72.6 Å². The van der Waals surface area contributed by atoms with Gasteiger partial charge in [0.1, 0.15) is 16.5 Å². The first-order chi connectivity index (χ1) is 18.6. The van der Waals surface area contributed by atoms with Crippen LogP contribution in [0.25, 0.3) is 10.9 Å². The summed E-state index contributed by atoms with van der Waals surface area (Å²) < 4.78 is 80.9. The number of sulfonamides is 1. The predicted octanol–water partition coefficient (Wildman–Crippen LogP) is 5.04. The maximum absolute atomic E-state index is 13.6. The third-order valence-corrected chi connectivity index (χ3v) is 7.47. The summed E-state index contributed by atoms with van der Waals surface area (Å²) >= 11 is 0. The molecule has 39 heavy (non-hydrogen) atoms. The number of para-hydroxylation sites is 1. The Morgan fingerprint density at radius 3 is 2.33 bits per heavy atom. The third-order valence-electron chi connectivity index (χ3n) is 6.06. The van der Waals surface area contributed by atoms with Gasteiger partial charge in [-0.1, -0.05) is 12.1 Å². The minimum atomic E-state index is -4.77. The lowest BCUT2D eigenvalue weighted by molar-refractivity contribution is -0.144. The Kier molecular flexibility index (Phi) is 7.19. The summed E-state index contributed by atoms with van der Waals surface area (Å²) in [5.74, 6) is -0.838. The number of nitrogens with one attached hydrogen (secondary N) is 2. The molecular formula is C26H24F3N5O4S. The molecule has 2 heterocycles. The van der Waals surface area contributed by atoms with Gasteiger partial charge in [0.2, 0.25) is 5.82 Å². The van der Waals surface area contributed by atoms with Gasteiger partial charge in [-0.3, -0.25) is 4.72 Å². The minimum absolute atomic E-state index is 0.0559. The first-order valence-corrected chi connectivity index (χ1v) is 13.4. The van der Waals surface area contributed by atoms with E-state index < -0.39 is 22.0 Å². The molecule has 0 atom stereocenters. The lowest BCUT2D eigenvalue weighted by Crippen LogP contribution is -2.37. The van der Waals surface area contributed by atoms with Crippen molar-refractivity contribution in [1.82, 2.24) is 9.97 Å². The fourth-order valence-electron chi connectivity index (χ4n) is 4.18. The second-order valence-electron chi connectivity index (χ2n) is 8.65. The van der Waals surface area contributed by atoms with Gasteiger partial charge in [-0.05, 0) is 54.6 Å². The fraction of sp³-hybridized carbons (Fsp3) is 0.231. The number of aromatic nitrogens is 2. The van der Waals surface area contributed by atoms with Crippen LogP contribution < -0.4 is 19.7 Å². The summed E-state index contributed by atoms with van der Waals surface area (Å²) in [5.41, 5.74) is 1.09. The number of hydrogen-bond donors (Lipinski definition) is 2. The van der Waals surface area contributed by atoms with E-state index in [1.807, 2.05) is 4.90 Å². The van der Waals surface area contributed by atoms with E-state index in [1.165, 1.54) is 19.2 Å². The van der Waals surface area contributed by atoms with Crippen LogP contribution >= 0.6 is 0 Å². The van der Waals surface area contributed by atoms with Gasteiger partial charge in [0.05, 0.1) is 31.5 Å². The van der Waals surface area contributed by atoms with Gasteiger partial charge in [0.25, 0.3) is 10.0 Å². The number of halogens is 3. The molecule has 0 unspecified atom stereocenters. The monoisotopic (exact) mass is 559 g/mol. The molecule has 1 aliphatic rings. The van der Waals surface area contributed by atoms with Gasteiger partial charge in [0, 0.05) is 29.9 Å². The highest BCUT2D eigenvalue weighted by atomic mass is 32.2. The molecule has 1 aliphatic heterocycles. The Morgan fingerprint density at radius 1 is 0.949 bits per heavy atom. The molecule has 204 valence electrons.